The minimum Gasteiger partial charge on any atom is -0.569 e. The lowest BCUT2D eigenvalue weighted by atomic mass is 9.98. The minimum absolute atomic E-state index is 0.0555. The van der Waals surface area contributed by atoms with Crippen LogP contribution in [0, 0.1) is 5.21 Å². The molecule has 0 aliphatic carbocycles. The van der Waals surface area contributed by atoms with E-state index in [-0.39, 0.29) is 31.2 Å². The van der Waals surface area contributed by atoms with Gasteiger partial charge in [0, 0.05) is 18.9 Å². The number of rotatable bonds is 15. The first-order chi connectivity index (χ1) is 25.8. The largest absolute Gasteiger partial charge is 0.569 e. The van der Waals surface area contributed by atoms with Gasteiger partial charge in [-0.25, -0.2) is 14.7 Å². The van der Waals surface area contributed by atoms with Crippen LogP contribution in [0.15, 0.2) is 72.0 Å². The molecule has 3 aromatic carbocycles. The summed E-state index contributed by atoms with van der Waals surface area (Å²) in [5.41, 5.74) is 4.96. The van der Waals surface area contributed by atoms with Crippen LogP contribution in [-0.4, -0.2) is 91.0 Å². The van der Waals surface area contributed by atoms with Gasteiger partial charge in [0.1, 0.15) is 6.61 Å². The molecule has 0 spiro atoms. The van der Waals surface area contributed by atoms with Crippen LogP contribution < -0.4 is 4.74 Å². The average Bonchev–Trinajstić information content (AvgIpc) is 3.82. The topological polar surface area (TPSA) is 194 Å². The fourth-order valence-corrected chi connectivity index (χ4v) is 6.06. The van der Waals surface area contributed by atoms with Crippen molar-refractivity contribution in [3.8, 4) is 28.5 Å². The smallest absolute Gasteiger partial charge is 0.511 e. The Balaban J connectivity index is 1.07. The molecule has 1 saturated heterocycles. The Morgan fingerprint density at radius 1 is 1.04 bits per heavy atom. The molecule has 17 nitrogen and oxygen atoms in total. The molecule has 0 saturated carbocycles. The molecule has 17 heteroatoms. The normalized spacial score (nSPS) is 15.2. The number of para-hydroxylation sites is 1. The van der Waals surface area contributed by atoms with Crippen LogP contribution in [0.3, 0.4) is 0 Å². The number of benzene rings is 3. The number of H-pyrrole nitrogens is 1. The van der Waals surface area contributed by atoms with Crippen molar-refractivity contribution in [1.29, 1.82) is 0 Å². The van der Waals surface area contributed by atoms with E-state index in [4.69, 9.17) is 23.8 Å². The molecule has 0 radical (unpaired) electrons. The highest BCUT2D eigenvalue weighted by Crippen LogP contribution is 2.31. The first kappa shape index (κ1) is 36.5. The van der Waals surface area contributed by atoms with Gasteiger partial charge in [0.05, 0.1) is 53.9 Å². The Labute approximate surface area is 305 Å². The maximum Gasteiger partial charge on any atom is 0.511 e. The second kappa shape index (κ2) is 17.3. The number of hydrogen-bond donors (Lipinski definition) is 1. The first-order valence-corrected chi connectivity index (χ1v) is 17.5. The van der Waals surface area contributed by atoms with Crippen LogP contribution in [0.4, 0.5) is 4.79 Å². The maximum atomic E-state index is 13.5. The third kappa shape index (κ3) is 8.98. The van der Waals surface area contributed by atoms with Gasteiger partial charge in [-0.15, -0.1) is 10.1 Å². The minimum atomic E-state index is -1.26. The van der Waals surface area contributed by atoms with E-state index in [0.717, 1.165) is 41.5 Å². The molecular weight excluding hydrogens is 686 g/mol. The van der Waals surface area contributed by atoms with E-state index in [1.165, 1.54) is 6.92 Å². The number of fused-ring (bicyclic) bond motifs is 1. The zero-order chi connectivity index (χ0) is 37.2. The number of nitrogens with zero attached hydrogens (tertiary/aromatic N) is 8. The van der Waals surface area contributed by atoms with Gasteiger partial charge in [-0.05, 0) is 72.4 Å². The van der Waals surface area contributed by atoms with Crippen molar-refractivity contribution in [2.75, 3.05) is 26.4 Å². The Kier molecular flexibility index (Phi) is 11.9. The molecule has 2 aromatic heterocycles. The third-order valence-electron chi connectivity index (χ3n) is 8.61. The first-order valence-electron chi connectivity index (χ1n) is 17.5. The van der Waals surface area contributed by atoms with Crippen molar-refractivity contribution in [2.24, 2.45) is 5.28 Å². The molecule has 1 N–H and O–H groups in total. The Hall–Kier alpha value is -6.26. The zero-order valence-corrected chi connectivity index (χ0v) is 29.7. The fraction of sp³-hybridized carbons (Fsp3) is 0.389. The van der Waals surface area contributed by atoms with Crippen molar-refractivity contribution < 1.29 is 38.3 Å². The molecule has 2 unspecified atom stereocenters. The Morgan fingerprint density at radius 3 is 2.60 bits per heavy atom. The number of nitrogens with one attached hydrogen (secondary N) is 1. The number of hydrogen-bond acceptors (Lipinski definition) is 13. The third-order valence-corrected chi connectivity index (χ3v) is 8.61. The van der Waals surface area contributed by atoms with Crippen LogP contribution in [0.25, 0.3) is 33.5 Å². The quantitative estimate of drug-likeness (QED) is 0.0327. The SMILES string of the molecule is CCOc1nc2cccc(C(=O)OC(C)OC(=O)OCCCO/N=[N+](\[O-])N3CCCCC3C)c2n1Cc1ccc(-c2ccccc2-c2nnn[nH]2)cc1. The average molecular weight is 728 g/mol. The molecule has 0 amide bonds. The van der Waals surface area contributed by atoms with Gasteiger partial charge >= 0.3 is 12.1 Å². The molecule has 5 aromatic rings. The lowest BCUT2D eigenvalue weighted by molar-refractivity contribution is -0.719. The van der Waals surface area contributed by atoms with E-state index >= 15 is 0 Å². The van der Waals surface area contributed by atoms with Gasteiger partial charge < -0.3 is 29.0 Å². The van der Waals surface area contributed by atoms with E-state index in [2.05, 4.69) is 30.9 Å². The molecule has 2 atom stereocenters. The molecule has 278 valence electrons. The summed E-state index contributed by atoms with van der Waals surface area (Å²) in [5.74, 6) is -0.161. The fourth-order valence-electron chi connectivity index (χ4n) is 6.06. The van der Waals surface area contributed by atoms with Crippen LogP contribution in [0.2, 0.25) is 0 Å². The number of tetrazole rings is 1. The van der Waals surface area contributed by atoms with Crippen LogP contribution in [0.5, 0.6) is 6.01 Å². The Bertz CT molecular complexity index is 2020. The number of esters is 1. The van der Waals surface area contributed by atoms with Gasteiger partial charge in [0.25, 0.3) is 6.01 Å². The molecule has 6 rings (SSSR count). The summed E-state index contributed by atoms with van der Waals surface area (Å²) < 4.78 is 23.4. The highest BCUT2D eigenvalue weighted by Gasteiger charge is 2.25. The maximum absolute atomic E-state index is 13.5. The predicted octanol–water partition coefficient (Wildman–Crippen LogP) is 6.06. The van der Waals surface area contributed by atoms with Crippen molar-refractivity contribution in [3.05, 3.63) is 83.1 Å². The van der Waals surface area contributed by atoms with E-state index in [9.17, 15) is 14.8 Å². The highest BCUT2D eigenvalue weighted by molar-refractivity contribution is 6.02. The van der Waals surface area contributed by atoms with Crippen molar-refractivity contribution in [2.45, 2.75) is 65.3 Å². The number of aromatic amines is 1. The molecular formula is C36H41N9O8. The second-order valence-corrected chi connectivity index (χ2v) is 12.3. The van der Waals surface area contributed by atoms with E-state index < -0.39 is 18.4 Å². The molecule has 3 heterocycles. The van der Waals surface area contributed by atoms with E-state index in [1.807, 2.05) is 66.9 Å². The van der Waals surface area contributed by atoms with Crippen LogP contribution in [0.1, 0.15) is 62.4 Å². The number of hydrazine groups is 1. The van der Waals surface area contributed by atoms with Crippen LogP contribution >= 0.6 is 0 Å². The summed E-state index contributed by atoms with van der Waals surface area (Å²) in [7, 11) is 0. The number of imidazole rings is 1. The summed E-state index contributed by atoms with van der Waals surface area (Å²) >= 11 is 0. The molecule has 53 heavy (non-hydrogen) atoms. The second-order valence-electron chi connectivity index (χ2n) is 12.3. The lowest BCUT2D eigenvalue weighted by Gasteiger charge is -2.28. The standard InChI is InChI=1S/C36H41N9O8/c1-4-49-35-37-31-15-9-14-30(34(46)52-25(3)53-36(47)50-21-10-22-51-42-45(48)44-20-8-7-11-24(44)2)32(31)43(35)23-26-16-18-27(19-17-26)28-12-5-6-13-29(28)33-38-40-41-39-33/h5-6,9,12-19,24-25H,4,7-8,10-11,20-23H2,1-3H3,(H,38,39,40,41)/b45-42-. The van der Waals surface area contributed by atoms with Crippen molar-refractivity contribution >= 4 is 23.2 Å². The van der Waals surface area contributed by atoms with Gasteiger partial charge in [-0.1, -0.05) is 54.6 Å². The summed E-state index contributed by atoms with van der Waals surface area (Å²) in [6, 6.07) is 21.3. The predicted molar refractivity (Wildman–Crippen MR) is 189 cm³/mol. The number of carbonyl (C=O) groups is 2. The molecule has 0 bridgehead atoms. The number of carbonyl (C=O) groups excluding carboxylic acids is 2. The summed E-state index contributed by atoms with van der Waals surface area (Å²) in [6.07, 6.45) is 0.901. The summed E-state index contributed by atoms with van der Waals surface area (Å²) in [5, 5.41) is 31.6. The molecule has 1 aliphatic rings. The number of aromatic nitrogens is 6. The van der Waals surface area contributed by atoms with Gasteiger partial charge in [0.15, 0.2) is 5.82 Å². The molecule has 1 fully saturated rings. The number of piperidine rings is 1. The molecule has 1 aliphatic heterocycles. The van der Waals surface area contributed by atoms with Crippen LogP contribution in [-0.2, 0) is 25.6 Å². The van der Waals surface area contributed by atoms with Crippen molar-refractivity contribution in [3.63, 3.8) is 0 Å². The van der Waals surface area contributed by atoms with Gasteiger partial charge in [-0.3, -0.25) is 4.57 Å². The Morgan fingerprint density at radius 2 is 1.85 bits per heavy atom. The summed E-state index contributed by atoms with van der Waals surface area (Å²) in [4.78, 5) is 35.9. The van der Waals surface area contributed by atoms with Crippen molar-refractivity contribution in [1.82, 2.24) is 35.2 Å². The summed E-state index contributed by atoms with van der Waals surface area (Å²) in [6.45, 7) is 6.55. The van der Waals surface area contributed by atoms with Gasteiger partial charge in [0.2, 0.25) is 11.6 Å². The lowest BCUT2D eigenvalue weighted by Crippen LogP contribution is -2.42. The highest BCUT2D eigenvalue weighted by atomic mass is 16.8. The van der Waals surface area contributed by atoms with E-state index in [0.29, 0.717) is 47.5 Å². The monoisotopic (exact) mass is 727 g/mol. The number of ether oxygens (including phenoxy) is 4. The van der Waals surface area contributed by atoms with E-state index in [1.54, 1.807) is 23.2 Å². The zero-order valence-electron chi connectivity index (χ0n) is 29.7. The van der Waals surface area contributed by atoms with Gasteiger partial charge in [-0.2, -0.15) is 4.98 Å².